The average Bonchev–Trinajstić information content (AvgIpc) is 3.16. The van der Waals surface area contributed by atoms with Gasteiger partial charge in [-0.15, -0.1) is 0 Å². The average molecular weight is 748 g/mol. The fourth-order valence-electron chi connectivity index (χ4n) is 7.45. The molecular weight excluding hydrogens is 706 g/mol. The number of amides is 2. The Morgan fingerprint density at radius 3 is 2.39 bits per heavy atom. The molecule has 2 aliphatic carbocycles. The van der Waals surface area contributed by atoms with Crippen molar-refractivity contribution in [1.29, 1.82) is 0 Å². The summed E-state index contributed by atoms with van der Waals surface area (Å²) >= 11 is 0. The number of aliphatic hydroxyl groups is 3. The number of aromatic hydroxyl groups is 2. The van der Waals surface area contributed by atoms with Crippen molar-refractivity contribution in [3.05, 3.63) is 87.5 Å². The molecule has 6 rings (SSSR count). The van der Waals surface area contributed by atoms with Crippen LogP contribution in [0.3, 0.4) is 0 Å². The number of phenols is 2. The largest absolute Gasteiger partial charge is 0.507 e. The summed E-state index contributed by atoms with van der Waals surface area (Å²) in [6.07, 6.45) is -6.43. The van der Waals surface area contributed by atoms with Crippen molar-refractivity contribution in [2.75, 3.05) is 20.3 Å². The molecule has 1 heterocycles. The van der Waals surface area contributed by atoms with Gasteiger partial charge >= 0.3 is 0 Å². The minimum atomic E-state index is -2.37. The second-order valence-corrected chi connectivity index (χ2v) is 13.6. The number of carbonyl (C=O) groups excluding carboxylic acids is 5. The van der Waals surface area contributed by atoms with Crippen molar-refractivity contribution in [2.24, 2.45) is 5.73 Å². The van der Waals surface area contributed by atoms with E-state index in [1.807, 2.05) is 0 Å². The normalized spacial score (nSPS) is 25.1. The summed E-state index contributed by atoms with van der Waals surface area (Å²) in [4.78, 5) is 66.5. The van der Waals surface area contributed by atoms with Crippen LogP contribution >= 0.6 is 0 Å². The van der Waals surface area contributed by atoms with E-state index in [0.717, 1.165) is 5.56 Å². The van der Waals surface area contributed by atoms with Gasteiger partial charge in [0.25, 0.3) is 0 Å². The monoisotopic (exact) mass is 747 g/mol. The zero-order chi connectivity index (χ0) is 39.1. The molecule has 0 aromatic heterocycles. The van der Waals surface area contributed by atoms with Crippen molar-refractivity contribution >= 4 is 29.2 Å². The number of carbonyl (C=O) groups is 5. The molecule has 0 radical (unpaired) electrons. The number of phenolic OH excluding ortho intramolecular Hbond substituents is 2. The van der Waals surface area contributed by atoms with Gasteiger partial charge in [0.2, 0.25) is 17.6 Å². The number of fused-ring (bicyclic) bond motifs is 3. The Morgan fingerprint density at radius 1 is 1.02 bits per heavy atom. The van der Waals surface area contributed by atoms with Crippen molar-refractivity contribution in [3.63, 3.8) is 0 Å². The first-order valence-electron chi connectivity index (χ1n) is 17.3. The van der Waals surface area contributed by atoms with Crippen LogP contribution < -0.4 is 21.1 Å². The van der Waals surface area contributed by atoms with Crippen LogP contribution in [0.5, 0.6) is 17.2 Å². The maximum Gasteiger partial charge on any atom is 0.243 e. The maximum atomic E-state index is 13.9. The van der Waals surface area contributed by atoms with E-state index in [-0.39, 0.29) is 47.4 Å². The number of benzene rings is 3. The highest BCUT2D eigenvalue weighted by molar-refractivity contribution is 6.31. The Labute approximate surface area is 308 Å². The zero-order valence-electron chi connectivity index (χ0n) is 29.4. The molecule has 2 amide bonds. The number of hydrogen-bond acceptors (Lipinski definition) is 14. The van der Waals surface area contributed by atoms with Crippen LogP contribution in [0.4, 0.5) is 0 Å². The number of methoxy groups -OCH3 is 1. The Hall–Kier alpha value is -5.23. The number of nitrogens with two attached hydrogens (primary N) is 1. The number of rotatable bonds is 11. The summed E-state index contributed by atoms with van der Waals surface area (Å²) < 4.78 is 17.5. The molecule has 9 N–H and O–H groups in total. The topological polar surface area (TPSA) is 264 Å². The number of ether oxygens (including phenoxy) is 3. The predicted octanol–water partition coefficient (Wildman–Crippen LogP) is -0.155. The van der Waals surface area contributed by atoms with E-state index in [2.05, 4.69) is 10.6 Å². The van der Waals surface area contributed by atoms with Crippen molar-refractivity contribution in [3.8, 4) is 17.2 Å². The van der Waals surface area contributed by atoms with Crippen LogP contribution in [0.15, 0.2) is 48.5 Å². The third-order valence-electron chi connectivity index (χ3n) is 10.2. The molecule has 16 heteroatoms. The van der Waals surface area contributed by atoms with Gasteiger partial charge in [-0.2, -0.15) is 0 Å². The van der Waals surface area contributed by atoms with Crippen LogP contribution in [0, 0.1) is 0 Å². The van der Waals surface area contributed by atoms with Crippen molar-refractivity contribution < 1.29 is 63.7 Å². The van der Waals surface area contributed by atoms with Gasteiger partial charge in [-0.25, -0.2) is 0 Å². The Balaban J connectivity index is 1.34. The van der Waals surface area contributed by atoms with Gasteiger partial charge in [0.15, 0.2) is 17.9 Å². The Morgan fingerprint density at radius 2 is 1.72 bits per heavy atom. The minimum absolute atomic E-state index is 0.0497. The van der Waals surface area contributed by atoms with Crippen LogP contribution in [0.25, 0.3) is 0 Å². The SMILES string of the molecule is COc1cccc2c1C(=O)c1c(O)c3c(c(O)c1C2=O)C[C@@](O)(C(=O)CO)C[C@@H]3O[C@H]1C[C@H](NC(=O)[C@H](Cc2ccccc2)NC(=O)CN)[C@H](O)[C@H](C)O1. The predicted molar refractivity (Wildman–Crippen MR) is 187 cm³/mol. The van der Waals surface area contributed by atoms with Gasteiger partial charge in [0, 0.05) is 42.4 Å². The molecule has 1 fully saturated rings. The summed E-state index contributed by atoms with van der Waals surface area (Å²) in [5.41, 5.74) is 2.05. The summed E-state index contributed by atoms with van der Waals surface area (Å²) in [6, 6.07) is 11.1. The highest BCUT2D eigenvalue weighted by Gasteiger charge is 2.50. The second-order valence-electron chi connectivity index (χ2n) is 13.6. The lowest BCUT2D eigenvalue weighted by Gasteiger charge is -2.43. The molecule has 3 aromatic rings. The van der Waals surface area contributed by atoms with Gasteiger partial charge < -0.3 is 56.1 Å². The van der Waals surface area contributed by atoms with E-state index in [1.54, 1.807) is 30.3 Å². The molecule has 0 bridgehead atoms. The molecule has 3 aromatic carbocycles. The smallest absolute Gasteiger partial charge is 0.243 e. The third kappa shape index (κ3) is 6.95. The number of Topliss-reactive ketones (excluding diaryl/α,β-unsaturated/α-hetero) is 1. The molecule has 0 unspecified atom stereocenters. The van der Waals surface area contributed by atoms with E-state index >= 15 is 0 Å². The zero-order valence-corrected chi connectivity index (χ0v) is 29.4. The molecule has 54 heavy (non-hydrogen) atoms. The van der Waals surface area contributed by atoms with E-state index in [4.69, 9.17) is 19.9 Å². The van der Waals surface area contributed by atoms with Gasteiger partial charge in [-0.3, -0.25) is 24.0 Å². The number of nitrogens with one attached hydrogen (secondary N) is 2. The van der Waals surface area contributed by atoms with E-state index in [1.165, 1.54) is 32.2 Å². The Kier molecular flexibility index (Phi) is 10.9. The van der Waals surface area contributed by atoms with Crippen molar-refractivity contribution in [1.82, 2.24) is 10.6 Å². The lowest BCUT2D eigenvalue weighted by molar-refractivity contribution is -0.249. The van der Waals surface area contributed by atoms with Crippen molar-refractivity contribution in [2.45, 2.75) is 74.9 Å². The molecule has 0 saturated carbocycles. The van der Waals surface area contributed by atoms with Gasteiger partial charge in [0.05, 0.1) is 48.6 Å². The fourth-order valence-corrected chi connectivity index (χ4v) is 7.45. The quantitative estimate of drug-likeness (QED) is 0.0928. The van der Waals surface area contributed by atoms with Gasteiger partial charge in [-0.05, 0) is 18.6 Å². The number of ketones is 3. The standard InChI is InChI=1S/C38H41N3O13/c1-17-32(45)21(41-37(50)22(40-26(44)15-39)11-18-7-4-3-5-8-18)12-27(53-17)54-24-14-38(51,25(43)16-42)13-20-29(24)36(49)31-30(34(20)47)33(46)19-9-6-10-23(52-2)28(19)35(31)48/h3-10,17,21-22,24,27,32,42,45,47,49,51H,11-16,39H2,1-2H3,(H,40,44)(H,41,50)/t17-,21-,22-,24-,27-,32+,38-/m0/s1. The third-order valence-corrected chi connectivity index (χ3v) is 10.2. The summed E-state index contributed by atoms with van der Waals surface area (Å²) in [5.74, 6) is -5.39. The van der Waals surface area contributed by atoms with Gasteiger partial charge in [0.1, 0.15) is 41.6 Å². The summed E-state index contributed by atoms with van der Waals surface area (Å²) in [7, 11) is 1.30. The molecule has 3 aliphatic rings. The number of hydrogen-bond donors (Lipinski definition) is 8. The summed E-state index contributed by atoms with van der Waals surface area (Å²) in [5, 5.41) is 61.1. The lowest BCUT2D eigenvalue weighted by Crippen LogP contribution is -2.59. The number of aliphatic hydroxyl groups excluding tert-OH is 2. The van der Waals surface area contributed by atoms with Gasteiger partial charge in [-0.1, -0.05) is 42.5 Å². The second kappa shape index (κ2) is 15.3. The van der Waals surface area contributed by atoms with E-state index < -0.39 is 114 Å². The minimum Gasteiger partial charge on any atom is -0.507 e. The molecule has 1 aliphatic heterocycles. The highest BCUT2D eigenvalue weighted by atomic mass is 16.7. The van der Waals surface area contributed by atoms with E-state index in [9.17, 15) is 49.5 Å². The molecule has 0 spiro atoms. The van der Waals surface area contributed by atoms with Crippen LogP contribution in [-0.2, 0) is 36.7 Å². The molecule has 286 valence electrons. The molecular formula is C38H41N3O13. The van der Waals surface area contributed by atoms with Crippen LogP contribution in [0.1, 0.15) is 74.4 Å². The fraction of sp³-hybridized carbons (Fsp3) is 0.395. The van der Waals surface area contributed by atoms with Crippen LogP contribution in [0.2, 0.25) is 0 Å². The van der Waals surface area contributed by atoms with Crippen LogP contribution in [-0.4, -0.2) is 111 Å². The Bertz CT molecular complexity index is 2000. The first kappa shape index (κ1) is 38.5. The molecule has 7 atom stereocenters. The van der Waals surface area contributed by atoms with E-state index in [0.29, 0.717) is 0 Å². The first-order valence-corrected chi connectivity index (χ1v) is 17.3. The highest BCUT2D eigenvalue weighted by Crippen LogP contribution is 2.52. The summed E-state index contributed by atoms with van der Waals surface area (Å²) in [6.45, 7) is 0.0416. The molecule has 1 saturated heterocycles. The molecule has 16 nitrogen and oxygen atoms in total. The first-order chi connectivity index (χ1) is 25.7. The lowest BCUT2D eigenvalue weighted by atomic mass is 9.72. The maximum absolute atomic E-state index is 13.9.